The summed E-state index contributed by atoms with van der Waals surface area (Å²) in [6, 6.07) is 5.30. The van der Waals surface area contributed by atoms with E-state index in [0.29, 0.717) is 40.0 Å². The Labute approximate surface area is 129 Å². The van der Waals surface area contributed by atoms with Crippen molar-refractivity contribution in [3.05, 3.63) is 52.9 Å². The molecule has 0 saturated heterocycles. The fourth-order valence-electron chi connectivity index (χ4n) is 2.13. The third kappa shape index (κ3) is 2.59. The molecule has 0 amide bonds. The molecule has 0 aliphatic rings. The van der Waals surface area contributed by atoms with Crippen molar-refractivity contribution in [3.63, 3.8) is 0 Å². The smallest absolute Gasteiger partial charge is 0.164 e. The summed E-state index contributed by atoms with van der Waals surface area (Å²) in [5.74, 6) is -0.875. The van der Waals surface area contributed by atoms with Gasteiger partial charge in [-0.25, -0.2) is 18.7 Å². The molecule has 0 aliphatic heterocycles. The van der Waals surface area contributed by atoms with Crippen LogP contribution >= 0.6 is 23.2 Å². The first-order chi connectivity index (χ1) is 10.1. The maximum absolute atomic E-state index is 13.5. The van der Waals surface area contributed by atoms with Gasteiger partial charge >= 0.3 is 0 Å². The average molecular weight is 328 g/mol. The molecule has 0 saturated carbocycles. The molecule has 0 fully saturated rings. The lowest BCUT2D eigenvalue weighted by molar-refractivity contribution is 0.508. The molecule has 108 valence electrons. The third-order valence-electron chi connectivity index (χ3n) is 3.01. The van der Waals surface area contributed by atoms with E-state index in [1.807, 2.05) is 0 Å². The zero-order valence-corrected chi connectivity index (χ0v) is 12.2. The van der Waals surface area contributed by atoms with Crippen LogP contribution in [0.15, 0.2) is 30.5 Å². The quantitative estimate of drug-likeness (QED) is 0.677. The van der Waals surface area contributed by atoms with Crippen LogP contribution in [0.4, 0.5) is 8.78 Å². The Balaban J connectivity index is 2.27. The predicted octanol–water partition coefficient (Wildman–Crippen LogP) is 4.13. The highest BCUT2D eigenvalue weighted by Crippen LogP contribution is 2.24. The molecule has 0 atom stereocenters. The number of hydrogen-bond acceptors (Lipinski definition) is 2. The molecule has 0 unspecified atom stereocenters. The highest BCUT2D eigenvalue weighted by molar-refractivity contribution is 6.31. The largest absolute Gasteiger partial charge is 0.281 e. The lowest BCUT2D eigenvalue weighted by Crippen LogP contribution is -2.04. The second kappa shape index (κ2) is 5.58. The van der Waals surface area contributed by atoms with E-state index in [2.05, 4.69) is 9.97 Å². The number of nitrogens with zero attached hydrogens (tertiary/aromatic N) is 3. The van der Waals surface area contributed by atoms with E-state index < -0.39 is 11.6 Å². The van der Waals surface area contributed by atoms with Crippen LogP contribution in [0.3, 0.4) is 0 Å². The Morgan fingerprint density at radius 2 is 1.95 bits per heavy atom. The summed E-state index contributed by atoms with van der Waals surface area (Å²) in [7, 11) is 0. The first kappa shape index (κ1) is 14.2. The van der Waals surface area contributed by atoms with Gasteiger partial charge in [0.05, 0.1) is 10.7 Å². The fourth-order valence-corrected chi connectivity index (χ4v) is 2.46. The van der Waals surface area contributed by atoms with E-state index in [9.17, 15) is 8.78 Å². The number of imidazole rings is 1. The molecule has 1 aromatic carbocycles. The molecule has 2 aromatic heterocycles. The van der Waals surface area contributed by atoms with E-state index in [0.717, 1.165) is 12.1 Å². The summed E-state index contributed by atoms with van der Waals surface area (Å²) in [6.07, 6.45) is 1.95. The average Bonchev–Trinajstić information content (AvgIpc) is 2.79. The fraction of sp³-hybridized carbons (Fsp3) is 0.143. The molecule has 2 heterocycles. The minimum Gasteiger partial charge on any atom is -0.281 e. The van der Waals surface area contributed by atoms with E-state index in [4.69, 9.17) is 23.2 Å². The van der Waals surface area contributed by atoms with Gasteiger partial charge in [-0.2, -0.15) is 0 Å². The monoisotopic (exact) mass is 327 g/mol. The summed E-state index contributed by atoms with van der Waals surface area (Å²) in [4.78, 5) is 8.63. The molecule has 0 aliphatic carbocycles. The second-order valence-electron chi connectivity index (χ2n) is 4.40. The lowest BCUT2D eigenvalue weighted by Gasteiger charge is -2.08. The van der Waals surface area contributed by atoms with Gasteiger partial charge in [0.2, 0.25) is 0 Å². The first-order valence-electron chi connectivity index (χ1n) is 6.14. The number of pyridine rings is 1. The zero-order chi connectivity index (χ0) is 15.0. The third-order valence-corrected chi connectivity index (χ3v) is 3.41. The van der Waals surface area contributed by atoms with Crippen molar-refractivity contribution in [1.29, 1.82) is 0 Å². The van der Waals surface area contributed by atoms with Crippen LogP contribution in [0, 0.1) is 11.6 Å². The van der Waals surface area contributed by atoms with Gasteiger partial charge in [-0.05, 0) is 18.2 Å². The minimum absolute atomic E-state index is 0.348. The number of hydrogen-bond donors (Lipinski definition) is 0. The Hall–Kier alpha value is -1.72. The van der Waals surface area contributed by atoms with Crippen LogP contribution in [0.25, 0.3) is 16.9 Å². The molecule has 7 heteroatoms. The van der Waals surface area contributed by atoms with Gasteiger partial charge in [-0.1, -0.05) is 11.6 Å². The predicted molar refractivity (Wildman–Crippen MR) is 78.2 cm³/mol. The van der Waals surface area contributed by atoms with Crippen LogP contribution < -0.4 is 0 Å². The normalized spacial score (nSPS) is 11.2. The van der Waals surface area contributed by atoms with Gasteiger partial charge in [0, 0.05) is 24.6 Å². The zero-order valence-electron chi connectivity index (χ0n) is 10.7. The number of benzene rings is 1. The SMILES string of the molecule is Fc1ccc(-n2c(CCCl)nc3cc(Cl)cnc32)cc1F. The number of fused-ring (bicyclic) bond motifs is 1. The van der Waals surface area contributed by atoms with E-state index in [-0.39, 0.29) is 0 Å². The molecule has 3 nitrogen and oxygen atoms in total. The molecule has 0 bridgehead atoms. The van der Waals surface area contributed by atoms with Crippen LogP contribution in [0.2, 0.25) is 5.02 Å². The summed E-state index contributed by atoms with van der Waals surface area (Å²) in [5, 5.41) is 0.454. The van der Waals surface area contributed by atoms with Crippen molar-refractivity contribution in [1.82, 2.24) is 14.5 Å². The highest BCUT2D eigenvalue weighted by Gasteiger charge is 2.15. The standard InChI is InChI=1S/C14H9Cl2F2N3/c15-4-3-13-20-12-5-8(16)7-19-14(12)21(13)9-1-2-10(17)11(18)6-9/h1-2,5-7H,3-4H2. The Morgan fingerprint density at radius 1 is 1.14 bits per heavy atom. The van der Waals surface area contributed by atoms with Gasteiger partial charge in [0.15, 0.2) is 17.3 Å². The molecule has 0 spiro atoms. The summed E-state index contributed by atoms with van der Waals surface area (Å²) < 4.78 is 28.2. The van der Waals surface area contributed by atoms with Gasteiger partial charge < -0.3 is 0 Å². The molecule has 0 N–H and O–H groups in total. The van der Waals surface area contributed by atoms with E-state index in [1.54, 1.807) is 10.6 Å². The molecule has 21 heavy (non-hydrogen) atoms. The van der Waals surface area contributed by atoms with Crippen LogP contribution in [-0.2, 0) is 6.42 Å². The summed E-state index contributed by atoms with van der Waals surface area (Å²) in [6.45, 7) is 0. The van der Waals surface area contributed by atoms with Crippen LogP contribution in [0.5, 0.6) is 0 Å². The number of aromatic nitrogens is 3. The second-order valence-corrected chi connectivity index (χ2v) is 5.21. The Bertz CT molecular complexity index is 817. The summed E-state index contributed by atoms with van der Waals surface area (Å²) >= 11 is 11.7. The Morgan fingerprint density at radius 3 is 2.67 bits per heavy atom. The summed E-state index contributed by atoms with van der Waals surface area (Å²) in [5.41, 5.74) is 1.53. The van der Waals surface area contributed by atoms with Crippen LogP contribution in [-0.4, -0.2) is 20.4 Å². The maximum atomic E-state index is 13.5. The van der Waals surface area contributed by atoms with Crippen molar-refractivity contribution in [2.24, 2.45) is 0 Å². The molecule has 3 rings (SSSR count). The maximum Gasteiger partial charge on any atom is 0.164 e. The van der Waals surface area contributed by atoms with Gasteiger partial charge in [0.1, 0.15) is 11.3 Å². The number of aryl methyl sites for hydroxylation is 1. The minimum atomic E-state index is -0.930. The van der Waals surface area contributed by atoms with E-state index in [1.165, 1.54) is 12.3 Å². The van der Waals surface area contributed by atoms with Gasteiger partial charge in [0.25, 0.3) is 0 Å². The van der Waals surface area contributed by atoms with Crippen molar-refractivity contribution in [2.75, 3.05) is 5.88 Å². The van der Waals surface area contributed by atoms with E-state index >= 15 is 0 Å². The van der Waals surface area contributed by atoms with Crippen molar-refractivity contribution in [2.45, 2.75) is 6.42 Å². The van der Waals surface area contributed by atoms with Crippen molar-refractivity contribution in [3.8, 4) is 5.69 Å². The molecular weight excluding hydrogens is 319 g/mol. The molecule has 3 aromatic rings. The van der Waals surface area contributed by atoms with Gasteiger partial charge in [-0.3, -0.25) is 4.57 Å². The van der Waals surface area contributed by atoms with Crippen molar-refractivity contribution < 1.29 is 8.78 Å². The van der Waals surface area contributed by atoms with Crippen LogP contribution in [0.1, 0.15) is 5.82 Å². The highest BCUT2D eigenvalue weighted by atomic mass is 35.5. The number of alkyl halides is 1. The van der Waals surface area contributed by atoms with Gasteiger partial charge in [-0.15, -0.1) is 11.6 Å². The molecule has 0 radical (unpaired) electrons. The number of rotatable bonds is 3. The molecular formula is C14H9Cl2F2N3. The van der Waals surface area contributed by atoms with Crippen molar-refractivity contribution >= 4 is 34.4 Å². The topological polar surface area (TPSA) is 30.7 Å². The lowest BCUT2D eigenvalue weighted by atomic mass is 10.3. The Kier molecular flexibility index (Phi) is 3.78. The number of halogens is 4. The first-order valence-corrected chi connectivity index (χ1v) is 7.05.